The Morgan fingerprint density at radius 3 is 2.18 bits per heavy atom. The van der Waals surface area contributed by atoms with E-state index in [-0.39, 0.29) is 24.9 Å². The van der Waals surface area contributed by atoms with E-state index in [0.29, 0.717) is 6.61 Å². The molecule has 0 aliphatic carbocycles. The smallest absolute Gasteiger partial charge is 0.308 e. The zero-order valence-electron chi connectivity index (χ0n) is 10.6. The topological polar surface area (TPSA) is 35.5 Å². The summed E-state index contributed by atoms with van der Waals surface area (Å²) in [5.41, 5.74) is -0.842. The molecule has 0 radical (unpaired) electrons. The molecule has 17 heavy (non-hydrogen) atoms. The fraction of sp³-hybridized carbons (Fsp3) is 0.909. The summed E-state index contributed by atoms with van der Waals surface area (Å²) < 4.78 is 9.10. The van der Waals surface area contributed by atoms with E-state index in [9.17, 15) is 4.79 Å². The van der Waals surface area contributed by atoms with E-state index in [1.54, 1.807) is 13.8 Å². The molecular formula is C11H19Cl3O3. The van der Waals surface area contributed by atoms with Crippen LogP contribution in [0.2, 0.25) is 0 Å². The molecule has 0 aromatic heterocycles. The van der Waals surface area contributed by atoms with Gasteiger partial charge in [-0.15, -0.1) is 0 Å². The second-order valence-corrected chi connectivity index (χ2v) is 6.91. The van der Waals surface area contributed by atoms with Gasteiger partial charge in [0.2, 0.25) is 0 Å². The normalized spacial score (nSPS) is 15.8. The van der Waals surface area contributed by atoms with Crippen LogP contribution in [0.5, 0.6) is 0 Å². The van der Waals surface area contributed by atoms with Gasteiger partial charge in [0.05, 0.1) is 24.7 Å². The number of hydrogen-bond donors (Lipinski definition) is 0. The highest BCUT2D eigenvalue weighted by molar-refractivity contribution is 6.67. The summed E-state index contributed by atoms with van der Waals surface area (Å²) in [6.07, 6.45) is 0.121. The molecule has 0 N–H and O–H groups in total. The van der Waals surface area contributed by atoms with Crippen LogP contribution < -0.4 is 0 Å². The fourth-order valence-electron chi connectivity index (χ4n) is 1.66. The number of carbonyl (C=O) groups is 1. The molecule has 0 aliphatic rings. The number of esters is 1. The van der Waals surface area contributed by atoms with Crippen molar-refractivity contribution in [3.05, 3.63) is 0 Å². The Bertz CT molecular complexity index is 251. The van der Waals surface area contributed by atoms with E-state index in [0.717, 1.165) is 0 Å². The van der Waals surface area contributed by atoms with Crippen LogP contribution in [0.25, 0.3) is 0 Å². The van der Waals surface area contributed by atoms with Gasteiger partial charge in [-0.3, -0.25) is 4.79 Å². The standard InChI is InChI=1S/C11H19Cl3O3/c1-5-16-9(15)6-10(4,17-8(2)3)7-11(12,13)14/h8H,5-7H2,1-4H3. The molecule has 0 aliphatic heterocycles. The van der Waals surface area contributed by atoms with E-state index < -0.39 is 9.39 Å². The molecule has 0 aromatic rings. The molecule has 0 fully saturated rings. The van der Waals surface area contributed by atoms with Crippen molar-refractivity contribution < 1.29 is 14.3 Å². The Morgan fingerprint density at radius 1 is 1.29 bits per heavy atom. The average molecular weight is 306 g/mol. The maximum Gasteiger partial charge on any atom is 0.308 e. The Hall–Kier alpha value is 0.300. The summed E-state index contributed by atoms with van der Waals surface area (Å²) in [6.45, 7) is 7.53. The third kappa shape index (κ3) is 8.95. The lowest BCUT2D eigenvalue weighted by Crippen LogP contribution is -2.38. The first kappa shape index (κ1) is 17.3. The minimum Gasteiger partial charge on any atom is -0.466 e. The maximum absolute atomic E-state index is 11.5. The van der Waals surface area contributed by atoms with Gasteiger partial charge in [0, 0.05) is 6.42 Å². The monoisotopic (exact) mass is 304 g/mol. The zero-order valence-corrected chi connectivity index (χ0v) is 12.8. The molecule has 0 saturated heterocycles. The minimum absolute atomic E-state index is 0.0624. The molecule has 0 saturated carbocycles. The summed E-state index contributed by atoms with van der Waals surface area (Å²) in [7, 11) is 0. The highest BCUT2D eigenvalue weighted by Crippen LogP contribution is 2.38. The van der Waals surface area contributed by atoms with Gasteiger partial charge in [-0.25, -0.2) is 0 Å². The highest BCUT2D eigenvalue weighted by atomic mass is 35.6. The molecule has 1 unspecified atom stereocenters. The third-order valence-electron chi connectivity index (χ3n) is 1.92. The van der Waals surface area contributed by atoms with Gasteiger partial charge < -0.3 is 9.47 Å². The van der Waals surface area contributed by atoms with Gasteiger partial charge in [-0.2, -0.15) is 0 Å². The zero-order chi connectivity index (χ0) is 13.7. The van der Waals surface area contributed by atoms with Crippen LogP contribution in [0.4, 0.5) is 0 Å². The van der Waals surface area contributed by atoms with Crippen LogP contribution in [0.3, 0.4) is 0 Å². The number of halogens is 3. The number of rotatable bonds is 6. The largest absolute Gasteiger partial charge is 0.466 e. The maximum atomic E-state index is 11.5. The number of alkyl halides is 3. The van der Waals surface area contributed by atoms with E-state index in [1.165, 1.54) is 0 Å². The fourth-order valence-corrected chi connectivity index (χ4v) is 2.50. The first-order valence-electron chi connectivity index (χ1n) is 5.48. The molecule has 6 heteroatoms. The van der Waals surface area contributed by atoms with Crippen LogP contribution >= 0.6 is 34.8 Å². The third-order valence-corrected chi connectivity index (χ3v) is 2.32. The lowest BCUT2D eigenvalue weighted by atomic mass is 9.98. The Kier molecular flexibility index (Phi) is 7.15. The van der Waals surface area contributed by atoms with Crippen LogP contribution in [-0.4, -0.2) is 28.1 Å². The molecule has 0 heterocycles. The lowest BCUT2D eigenvalue weighted by molar-refractivity contribution is -0.153. The van der Waals surface area contributed by atoms with Crippen molar-refractivity contribution >= 4 is 40.8 Å². The molecule has 0 bridgehead atoms. The minimum atomic E-state index is -1.46. The molecule has 1 atom stereocenters. The highest BCUT2D eigenvalue weighted by Gasteiger charge is 2.38. The Balaban J connectivity index is 4.66. The Morgan fingerprint density at radius 2 is 1.82 bits per heavy atom. The van der Waals surface area contributed by atoms with Crippen molar-refractivity contribution in [1.82, 2.24) is 0 Å². The van der Waals surface area contributed by atoms with Crippen LogP contribution in [0, 0.1) is 0 Å². The van der Waals surface area contributed by atoms with Gasteiger partial charge in [0.15, 0.2) is 3.79 Å². The predicted octanol–water partition coefficient (Wildman–Crippen LogP) is 3.88. The SMILES string of the molecule is CCOC(=O)CC(C)(CC(Cl)(Cl)Cl)OC(C)C. The number of ether oxygens (including phenoxy) is 2. The summed E-state index contributed by atoms with van der Waals surface area (Å²) in [4.78, 5) is 11.5. The number of hydrogen-bond acceptors (Lipinski definition) is 3. The molecule has 3 nitrogen and oxygen atoms in total. The quantitative estimate of drug-likeness (QED) is 0.552. The molecular weight excluding hydrogens is 286 g/mol. The first-order chi connectivity index (χ1) is 7.58. The average Bonchev–Trinajstić information content (AvgIpc) is 1.95. The number of carbonyl (C=O) groups excluding carboxylic acids is 1. The first-order valence-corrected chi connectivity index (χ1v) is 6.61. The summed E-state index contributed by atoms with van der Waals surface area (Å²) in [5, 5.41) is 0. The lowest BCUT2D eigenvalue weighted by Gasteiger charge is -2.33. The van der Waals surface area contributed by atoms with E-state index in [1.807, 2.05) is 13.8 Å². The van der Waals surface area contributed by atoms with Gasteiger partial charge in [-0.1, -0.05) is 34.8 Å². The molecule has 0 aromatic carbocycles. The molecule has 0 amide bonds. The van der Waals surface area contributed by atoms with Crippen molar-refractivity contribution in [2.24, 2.45) is 0 Å². The second-order valence-electron chi connectivity index (χ2n) is 4.39. The van der Waals surface area contributed by atoms with Crippen molar-refractivity contribution in [3.63, 3.8) is 0 Å². The van der Waals surface area contributed by atoms with Crippen LogP contribution in [-0.2, 0) is 14.3 Å². The molecule has 0 spiro atoms. The summed E-state index contributed by atoms with van der Waals surface area (Å²) in [5.74, 6) is -0.357. The summed E-state index contributed by atoms with van der Waals surface area (Å²) >= 11 is 17.3. The van der Waals surface area contributed by atoms with E-state index >= 15 is 0 Å². The van der Waals surface area contributed by atoms with E-state index in [4.69, 9.17) is 44.3 Å². The van der Waals surface area contributed by atoms with E-state index in [2.05, 4.69) is 0 Å². The Labute approximate surface area is 118 Å². The van der Waals surface area contributed by atoms with Crippen molar-refractivity contribution in [2.45, 2.75) is 56.0 Å². The summed E-state index contributed by atoms with van der Waals surface area (Å²) in [6, 6.07) is 0. The van der Waals surface area contributed by atoms with Crippen molar-refractivity contribution in [3.8, 4) is 0 Å². The van der Waals surface area contributed by atoms with Crippen LogP contribution in [0.1, 0.15) is 40.5 Å². The molecule has 0 rings (SSSR count). The van der Waals surface area contributed by atoms with Gasteiger partial charge in [0.1, 0.15) is 0 Å². The van der Waals surface area contributed by atoms with Crippen molar-refractivity contribution in [1.29, 1.82) is 0 Å². The van der Waals surface area contributed by atoms with Gasteiger partial charge >= 0.3 is 5.97 Å². The van der Waals surface area contributed by atoms with Crippen LogP contribution in [0.15, 0.2) is 0 Å². The molecule has 102 valence electrons. The van der Waals surface area contributed by atoms with Gasteiger partial charge in [0.25, 0.3) is 0 Å². The second kappa shape index (κ2) is 7.03. The predicted molar refractivity (Wildman–Crippen MR) is 70.8 cm³/mol. The van der Waals surface area contributed by atoms with Gasteiger partial charge in [-0.05, 0) is 27.7 Å². The van der Waals surface area contributed by atoms with Crippen molar-refractivity contribution in [2.75, 3.05) is 6.61 Å².